The zero-order valence-corrected chi connectivity index (χ0v) is 15.6. The van der Waals surface area contributed by atoms with Gasteiger partial charge in [0.05, 0.1) is 10.8 Å². The Balaban J connectivity index is 2.03. The standard InChI is InChI=1S/C16H20F3N5OS/c1-9(26-14-23-22-13(24(14)20)15(2,3)4)12(25)21-11-7-5-10(6-8-11)16(17,18)19/h5-9H,20H2,1-4H3,(H,21,25). The second kappa shape index (κ2) is 7.18. The van der Waals surface area contributed by atoms with Crippen LogP contribution < -0.4 is 11.2 Å². The van der Waals surface area contributed by atoms with E-state index >= 15 is 0 Å². The largest absolute Gasteiger partial charge is 0.416 e. The van der Waals surface area contributed by atoms with E-state index in [-0.39, 0.29) is 17.0 Å². The zero-order valence-electron chi connectivity index (χ0n) is 14.8. The molecule has 10 heteroatoms. The summed E-state index contributed by atoms with van der Waals surface area (Å²) in [5.41, 5.74) is -0.796. The van der Waals surface area contributed by atoms with Crippen molar-refractivity contribution in [3.05, 3.63) is 35.7 Å². The van der Waals surface area contributed by atoms with Crippen LogP contribution >= 0.6 is 11.8 Å². The number of alkyl halides is 3. The monoisotopic (exact) mass is 387 g/mol. The number of nitrogens with zero attached hydrogens (tertiary/aromatic N) is 3. The zero-order chi connectivity index (χ0) is 19.7. The first-order valence-electron chi connectivity index (χ1n) is 7.75. The molecule has 0 saturated heterocycles. The number of nitrogens with two attached hydrogens (primary N) is 1. The molecule has 3 N–H and O–H groups in total. The summed E-state index contributed by atoms with van der Waals surface area (Å²) in [5, 5.41) is 10.4. The third kappa shape index (κ3) is 4.69. The molecule has 0 aliphatic rings. The maximum Gasteiger partial charge on any atom is 0.416 e. The second-order valence-electron chi connectivity index (χ2n) is 6.75. The molecule has 0 spiro atoms. The van der Waals surface area contributed by atoms with Crippen molar-refractivity contribution in [3.63, 3.8) is 0 Å². The minimum Gasteiger partial charge on any atom is -0.336 e. The molecule has 0 bridgehead atoms. The molecule has 0 aliphatic carbocycles. The van der Waals surface area contributed by atoms with Crippen molar-refractivity contribution in [2.75, 3.05) is 11.2 Å². The summed E-state index contributed by atoms with van der Waals surface area (Å²) in [7, 11) is 0. The van der Waals surface area contributed by atoms with Crippen LogP contribution in [0.3, 0.4) is 0 Å². The van der Waals surface area contributed by atoms with Gasteiger partial charge in [-0.05, 0) is 31.2 Å². The summed E-state index contributed by atoms with van der Waals surface area (Å²) in [4.78, 5) is 12.3. The Morgan fingerprint density at radius 3 is 2.23 bits per heavy atom. The van der Waals surface area contributed by atoms with Crippen LogP contribution in [0.4, 0.5) is 18.9 Å². The Morgan fingerprint density at radius 1 is 1.19 bits per heavy atom. The molecule has 142 valence electrons. The van der Waals surface area contributed by atoms with Gasteiger partial charge in [-0.1, -0.05) is 32.5 Å². The van der Waals surface area contributed by atoms with E-state index in [0.717, 1.165) is 23.9 Å². The molecular weight excluding hydrogens is 367 g/mol. The molecule has 1 unspecified atom stereocenters. The highest BCUT2D eigenvalue weighted by Gasteiger charge is 2.30. The number of rotatable bonds is 4. The highest BCUT2D eigenvalue weighted by atomic mass is 32.2. The van der Waals surface area contributed by atoms with E-state index in [1.54, 1.807) is 6.92 Å². The average Bonchev–Trinajstić information content (AvgIpc) is 2.88. The predicted octanol–water partition coefficient (Wildman–Crippen LogP) is 3.43. The Bertz CT molecular complexity index is 781. The van der Waals surface area contributed by atoms with Crippen molar-refractivity contribution in [1.29, 1.82) is 0 Å². The summed E-state index contributed by atoms with van der Waals surface area (Å²) in [5.74, 6) is 6.18. The van der Waals surface area contributed by atoms with Crippen molar-refractivity contribution in [2.24, 2.45) is 0 Å². The maximum atomic E-state index is 12.6. The summed E-state index contributed by atoms with van der Waals surface area (Å²) in [6.07, 6.45) is -4.42. The van der Waals surface area contributed by atoms with Crippen molar-refractivity contribution < 1.29 is 18.0 Å². The number of thioether (sulfide) groups is 1. The van der Waals surface area contributed by atoms with Gasteiger partial charge >= 0.3 is 6.18 Å². The highest BCUT2D eigenvalue weighted by Crippen LogP contribution is 2.30. The molecule has 6 nitrogen and oxygen atoms in total. The predicted molar refractivity (Wildman–Crippen MR) is 94.3 cm³/mol. The van der Waals surface area contributed by atoms with Crippen LogP contribution in [0.5, 0.6) is 0 Å². The summed E-state index contributed by atoms with van der Waals surface area (Å²) in [6.45, 7) is 7.47. The first-order chi connectivity index (χ1) is 11.9. The van der Waals surface area contributed by atoms with Crippen LogP contribution in [0, 0.1) is 0 Å². The lowest BCUT2D eigenvalue weighted by Crippen LogP contribution is -2.26. The van der Waals surface area contributed by atoms with Crippen LogP contribution in [0.25, 0.3) is 0 Å². The summed E-state index contributed by atoms with van der Waals surface area (Å²) in [6, 6.07) is 4.25. The normalized spacial score (nSPS) is 13.5. The molecule has 1 atom stereocenters. The fourth-order valence-electron chi connectivity index (χ4n) is 2.07. The van der Waals surface area contributed by atoms with E-state index < -0.39 is 17.0 Å². The molecule has 0 fully saturated rings. The minimum atomic E-state index is -4.42. The summed E-state index contributed by atoms with van der Waals surface area (Å²) >= 11 is 1.11. The Morgan fingerprint density at radius 2 is 1.77 bits per heavy atom. The maximum absolute atomic E-state index is 12.6. The van der Waals surface area contributed by atoms with Gasteiger partial charge in [0.1, 0.15) is 0 Å². The van der Waals surface area contributed by atoms with Gasteiger partial charge in [0.25, 0.3) is 0 Å². The quantitative estimate of drug-likeness (QED) is 0.620. The number of halogens is 3. The van der Waals surface area contributed by atoms with Crippen molar-refractivity contribution >= 4 is 23.4 Å². The van der Waals surface area contributed by atoms with E-state index in [0.29, 0.717) is 11.0 Å². The Kier molecular flexibility index (Phi) is 5.55. The van der Waals surface area contributed by atoms with Gasteiger partial charge in [-0.15, -0.1) is 10.2 Å². The number of carbonyl (C=O) groups is 1. The number of nitrogens with one attached hydrogen (secondary N) is 1. The van der Waals surface area contributed by atoms with Crippen molar-refractivity contribution in [1.82, 2.24) is 14.9 Å². The number of amides is 1. The molecule has 0 aliphatic heterocycles. The molecule has 26 heavy (non-hydrogen) atoms. The first kappa shape index (κ1) is 20.1. The highest BCUT2D eigenvalue weighted by molar-refractivity contribution is 8.00. The molecule has 1 aromatic carbocycles. The fourth-order valence-corrected chi connectivity index (χ4v) is 2.84. The lowest BCUT2D eigenvalue weighted by molar-refractivity contribution is -0.137. The number of carbonyl (C=O) groups excluding carboxylic acids is 1. The van der Waals surface area contributed by atoms with Crippen LogP contribution in [0.1, 0.15) is 39.1 Å². The Hall–Kier alpha value is -2.23. The molecule has 1 heterocycles. The number of hydrogen-bond acceptors (Lipinski definition) is 5. The van der Waals surface area contributed by atoms with Gasteiger partial charge in [-0.3, -0.25) is 4.79 Å². The smallest absolute Gasteiger partial charge is 0.336 e. The molecule has 1 amide bonds. The molecule has 1 aromatic heterocycles. The van der Waals surface area contributed by atoms with E-state index in [2.05, 4.69) is 15.5 Å². The van der Waals surface area contributed by atoms with Gasteiger partial charge in [0.2, 0.25) is 11.1 Å². The topological polar surface area (TPSA) is 85.8 Å². The average molecular weight is 387 g/mol. The third-order valence-electron chi connectivity index (χ3n) is 3.47. The van der Waals surface area contributed by atoms with Crippen LogP contribution in [-0.4, -0.2) is 26.0 Å². The number of hydrogen-bond donors (Lipinski definition) is 2. The van der Waals surface area contributed by atoms with E-state index in [1.807, 2.05) is 20.8 Å². The third-order valence-corrected chi connectivity index (χ3v) is 4.52. The molecule has 0 saturated carbocycles. The van der Waals surface area contributed by atoms with Gasteiger partial charge in [0.15, 0.2) is 5.82 Å². The molecule has 2 rings (SSSR count). The van der Waals surface area contributed by atoms with Gasteiger partial charge in [-0.2, -0.15) is 13.2 Å². The van der Waals surface area contributed by atoms with Gasteiger partial charge < -0.3 is 11.2 Å². The molecule has 0 radical (unpaired) electrons. The SMILES string of the molecule is CC(Sc1nnc(C(C)(C)C)n1N)C(=O)Nc1ccc(C(F)(F)F)cc1. The second-order valence-corrected chi connectivity index (χ2v) is 8.06. The number of aromatic nitrogens is 3. The van der Waals surface area contributed by atoms with E-state index in [9.17, 15) is 18.0 Å². The van der Waals surface area contributed by atoms with E-state index in [1.165, 1.54) is 16.8 Å². The lowest BCUT2D eigenvalue weighted by atomic mass is 9.96. The van der Waals surface area contributed by atoms with Crippen molar-refractivity contribution in [2.45, 2.75) is 49.7 Å². The van der Waals surface area contributed by atoms with E-state index in [4.69, 9.17) is 5.84 Å². The number of benzene rings is 1. The van der Waals surface area contributed by atoms with Gasteiger partial charge in [0, 0.05) is 11.1 Å². The van der Waals surface area contributed by atoms with Crippen LogP contribution in [0.2, 0.25) is 0 Å². The van der Waals surface area contributed by atoms with Crippen molar-refractivity contribution in [3.8, 4) is 0 Å². The first-order valence-corrected chi connectivity index (χ1v) is 8.63. The minimum absolute atomic E-state index is 0.278. The number of anilines is 1. The summed E-state index contributed by atoms with van der Waals surface area (Å²) < 4.78 is 39.0. The fraction of sp³-hybridized carbons (Fsp3) is 0.438. The molecule has 2 aromatic rings. The number of nitrogen functional groups attached to an aromatic ring is 1. The lowest BCUT2D eigenvalue weighted by Gasteiger charge is -2.17. The van der Waals surface area contributed by atoms with Crippen LogP contribution in [-0.2, 0) is 16.4 Å². The van der Waals surface area contributed by atoms with Crippen LogP contribution in [0.15, 0.2) is 29.4 Å². The molecular formula is C16H20F3N5OS. The Labute approximate surface area is 153 Å². The van der Waals surface area contributed by atoms with Gasteiger partial charge in [-0.25, -0.2) is 4.68 Å².